The van der Waals surface area contributed by atoms with E-state index in [0.29, 0.717) is 17.7 Å². The van der Waals surface area contributed by atoms with Crippen molar-refractivity contribution in [1.29, 1.82) is 0 Å². The minimum Gasteiger partial charge on any atom is -0.508 e. The highest BCUT2D eigenvalue weighted by molar-refractivity contribution is 5.44. The highest BCUT2D eigenvalue weighted by atomic mass is 16.3. The molecule has 0 saturated carbocycles. The van der Waals surface area contributed by atoms with Gasteiger partial charge in [-0.3, -0.25) is 0 Å². The van der Waals surface area contributed by atoms with E-state index in [0.717, 1.165) is 13.0 Å². The second-order valence-electron chi connectivity index (χ2n) is 5.05. The van der Waals surface area contributed by atoms with E-state index in [2.05, 4.69) is 11.4 Å². The maximum atomic E-state index is 10.1. The Hall–Kier alpha value is -1.02. The maximum absolute atomic E-state index is 10.1. The molecule has 86 valence electrons. The van der Waals surface area contributed by atoms with Crippen molar-refractivity contribution < 1.29 is 5.11 Å². The van der Waals surface area contributed by atoms with Gasteiger partial charge in [0, 0.05) is 17.5 Å². The average Bonchev–Trinajstić information content (AvgIpc) is 2.82. The Morgan fingerprint density at radius 2 is 2.12 bits per heavy atom. The Kier molecular flexibility index (Phi) is 2.60. The molecule has 0 aromatic heterocycles. The zero-order valence-corrected chi connectivity index (χ0v) is 9.58. The molecular formula is C14H19NO. The van der Waals surface area contributed by atoms with Gasteiger partial charge in [0.05, 0.1) is 0 Å². The number of aryl methyl sites for hydroxylation is 1. The first-order chi connectivity index (χ1) is 7.86. The van der Waals surface area contributed by atoms with Crippen LogP contribution in [-0.4, -0.2) is 17.7 Å². The maximum Gasteiger partial charge on any atom is 0.119 e. The third-order valence-corrected chi connectivity index (χ3v) is 4.09. The first-order valence-electron chi connectivity index (χ1n) is 6.40. The van der Waals surface area contributed by atoms with E-state index in [1.807, 2.05) is 12.1 Å². The van der Waals surface area contributed by atoms with Crippen LogP contribution in [0, 0.1) is 0 Å². The molecule has 1 heterocycles. The first-order valence-corrected chi connectivity index (χ1v) is 6.40. The van der Waals surface area contributed by atoms with Gasteiger partial charge in [0.25, 0.3) is 0 Å². The minimum atomic E-state index is 0.510. The zero-order valence-electron chi connectivity index (χ0n) is 9.58. The fraction of sp³-hybridized carbons (Fsp3) is 0.571. The predicted octanol–water partition coefficient (Wildman–Crippen LogP) is 2.56. The van der Waals surface area contributed by atoms with E-state index in [4.69, 9.17) is 0 Å². The lowest BCUT2D eigenvalue weighted by atomic mass is 9.78. The van der Waals surface area contributed by atoms with E-state index in [1.165, 1.54) is 36.8 Å². The molecule has 2 nitrogen and oxygen atoms in total. The summed E-state index contributed by atoms with van der Waals surface area (Å²) >= 11 is 0. The van der Waals surface area contributed by atoms with E-state index in [1.54, 1.807) is 0 Å². The molecule has 0 bridgehead atoms. The molecule has 0 radical (unpaired) electrons. The second-order valence-corrected chi connectivity index (χ2v) is 5.05. The van der Waals surface area contributed by atoms with Gasteiger partial charge in [-0.2, -0.15) is 0 Å². The van der Waals surface area contributed by atoms with Crippen molar-refractivity contribution in [2.45, 2.75) is 44.1 Å². The summed E-state index contributed by atoms with van der Waals surface area (Å²) in [7, 11) is 0. The molecule has 2 heteroatoms. The summed E-state index contributed by atoms with van der Waals surface area (Å²) < 4.78 is 0. The summed E-state index contributed by atoms with van der Waals surface area (Å²) in [6, 6.07) is 6.58. The number of rotatable bonds is 1. The molecule has 3 rings (SSSR count). The Balaban J connectivity index is 1.98. The Bertz CT molecular complexity index is 382. The fourth-order valence-corrected chi connectivity index (χ4v) is 3.36. The second kappa shape index (κ2) is 4.10. The molecule has 2 aliphatic rings. The standard InChI is InChI=1S/C14H19NO/c16-13-8-2-5-10-4-1-6-11(14(10)13)12-7-3-9-15-12/h2,5,8,11-12,15-16H,1,3-4,6-7,9H2. The van der Waals surface area contributed by atoms with Crippen LogP contribution in [0.25, 0.3) is 0 Å². The van der Waals surface area contributed by atoms with Crippen LogP contribution in [0.3, 0.4) is 0 Å². The summed E-state index contributed by atoms with van der Waals surface area (Å²) in [6.45, 7) is 1.14. The fourth-order valence-electron chi connectivity index (χ4n) is 3.36. The zero-order chi connectivity index (χ0) is 11.0. The van der Waals surface area contributed by atoms with Crippen molar-refractivity contribution in [3.63, 3.8) is 0 Å². The van der Waals surface area contributed by atoms with E-state index in [9.17, 15) is 5.11 Å². The highest BCUT2D eigenvalue weighted by Crippen LogP contribution is 2.40. The molecule has 1 saturated heterocycles. The van der Waals surface area contributed by atoms with Crippen molar-refractivity contribution in [2.75, 3.05) is 6.54 Å². The first kappa shape index (κ1) is 10.2. The number of phenols is 1. The van der Waals surface area contributed by atoms with Gasteiger partial charge in [-0.15, -0.1) is 0 Å². The lowest BCUT2D eigenvalue weighted by Gasteiger charge is -2.30. The van der Waals surface area contributed by atoms with Crippen molar-refractivity contribution in [1.82, 2.24) is 5.32 Å². The number of hydrogen-bond donors (Lipinski definition) is 2. The van der Waals surface area contributed by atoms with Gasteiger partial charge in [-0.05, 0) is 50.3 Å². The van der Waals surface area contributed by atoms with Crippen LogP contribution in [0.4, 0.5) is 0 Å². The molecule has 0 spiro atoms. The largest absolute Gasteiger partial charge is 0.508 e. The Labute approximate surface area is 96.7 Å². The number of aromatic hydroxyl groups is 1. The van der Waals surface area contributed by atoms with Crippen molar-refractivity contribution in [2.24, 2.45) is 0 Å². The predicted molar refractivity (Wildman–Crippen MR) is 64.8 cm³/mol. The number of hydrogen-bond acceptors (Lipinski definition) is 2. The van der Waals surface area contributed by atoms with Crippen LogP contribution in [0.2, 0.25) is 0 Å². The van der Waals surface area contributed by atoms with Gasteiger partial charge in [0.1, 0.15) is 5.75 Å². The molecule has 0 amide bonds. The monoisotopic (exact) mass is 217 g/mol. The van der Waals surface area contributed by atoms with Crippen LogP contribution >= 0.6 is 0 Å². The van der Waals surface area contributed by atoms with Crippen LogP contribution in [-0.2, 0) is 6.42 Å². The molecule has 1 aromatic rings. The number of fused-ring (bicyclic) bond motifs is 1. The summed E-state index contributed by atoms with van der Waals surface area (Å²) in [5, 5.41) is 13.6. The van der Waals surface area contributed by atoms with Crippen molar-refractivity contribution in [3.05, 3.63) is 29.3 Å². The number of phenolic OH excluding ortho intramolecular Hbond substituents is 1. The van der Waals surface area contributed by atoms with Gasteiger partial charge in [0.15, 0.2) is 0 Å². The summed E-state index contributed by atoms with van der Waals surface area (Å²) in [6.07, 6.45) is 6.16. The van der Waals surface area contributed by atoms with Crippen molar-refractivity contribution >= 4 is 0 Å². The van der Waals surface area contributed by atoms with E-state index >= 15 is 0 Å². The van der Waals surface area contributed by atoms with Crippen LogP contribution in [0.1, 0.15) is 42.7 Å². The summed E-state index contributed by atoms with van der Waals surface area (Å²) in [5.74, 6) is 1.04. The van der Waals surface area contributed by atoms with Gasteiger partial charge >= 0.3 is 0 Å². The van der Waals surface area contributed by atoms with Crippen LogP contribution in [0.15, 0.2) is 18.2 Å². The number of benzene rings is 1. The van der Waals surface area contributed by atoms with Gasteiger partial charge < -0.3 is 10.4 Å². The average molecular weight is 217 g/mol. The third kappa shape index (κ3) is 1.61. The Morgan fingerprint density at radius 3 is 2.94 bits per heavy atom. The van der Waals surface area contributed by atoms with Gasteiger partial charge in [0.2, 0.25) is 0 Å². The minimum absolute atomic E-state index is 0.510. The van der Waals surface area contributed by atoms with E-state index in [-0.39, 0.29) is 0 Å². The summed E-state index contributed by atoms with van der Waals surface area (Å²) in [4.78, 5) is 0. The molecule has 16 heavy (non-hydrogen) atoms. The molecule has 1 aromatic carbocycles. The number of nitrogens with one attached hydrogen (secondary N) is 1. The van der Waals surface area contributed by atoms with Gasteiger partial charge in [-0.25, -0.2) is 0 Å². The van der Waals surface area contributed by atoms with Crippen molar-refractivity contribution in [3.8, 4) is 5.75 Å². The molecule has 1 aliphatic carbocycles. The highest BCUT2D eigenvalue weighted by Gasteiger charge is 2.31. The van der Waals surface area contributed by atoms with Crippen LogP contribution in [0.5, 0.6) is 5.75 Å². The van der Waals surface area contributed by atoms with Crippen LogP contribution < -0.4 is 5.32 Å². The van der Waals surface area contributed by atoms with E-state index < -0.39 is 0 Å². The molecule has 2 N–H and O–H groups in total. The quantitative estimate of drug-likeness (QED) is 0.757. The third-order valence-electron chi connectivity index (χ3n) is 4.09. The molecule has 2 unspecified atom stereocenters. The molecule has 1 fully saturated rings. The lowest BCUT2D eigenvalue weighted by molar-refractivity contribution is 0.400. The summed E-state index contributed by atoms with van der Waals surface area (Å²) in [5.41, 5.74) is 2.60. The molecule has 1 aliphatic heterocycles. The molecule has 2 atom stereocenters. The normalized spacial score (nSPS) is 29.0. The smallest absolute Gasteiger partial charge is 0.119 e. The lowest BCUT2D eigenvalue weighted by Crippen LogP contribution is -2.31. The SMILES string of the molecule is Oc1cccc2c1C(C1CCCN1)CCC2. The molecular weight excluding hydrogens is 198 g/mol. The van der Waals surface area contributed by atoms with Gasteiger partial charge in [-0.1, -0.05) is 12.1 Å². The topological polar surface area (TPSA) is 32.3 Å². The Morgan fingerprint density at radius 1 is 1.19 bits per heavy atom.